The molecule has 0 fully saturated rings. The van der Waals surface area contributed by atoms with Crippen LogP contribution in [0.4, 0.5) is 0 Å². The Kier molecular flexibility index (Phi) is 9.69. The molecule has 1 rings (SSSR count). The second-order valence-electron chi connectivity index (χ2n) is 6.53. The van der Waals surface area contributed by atoms with E-state index in [1.807, 2.05) is 13.8 Å². The maximum absolute atomic E-state index is 11.8. The summed E-state index contributed by atoms with van der Waals surface area (Å²) in [6.45, 7) is 3.73. The minimum Gasteiger partial charge on any atom is -0.491 e. The summed E-state index contributed by atoms with van der Waals surface area (Å²) >= 11 is 0. The van der Waals surface area contributed by atoms with E-state index in [0.717, 1.165) is 37.1 Å². The minimum absolute atomic E-state index is 0.0315. The van der Waals surface area contributed by atoms with Crippen LogP contribution in [0.2, 0.25) is 0 Å². The molecule has 2 N–H and O–H groups in total. The van der Waals surface area contributed by atoms with E-state index < -0.39 is 0 Å². The number of nitrogens with one attached hydrogen (secondary N) is 1. The molecular weight excluding hydrogens is 290 g/mol. The van der Waals surface area contributed by atoms with Crippen molar-refractivity contribution in [1.82, 2.24) is 4.98 Å². The van der Waals surface area contributed by atoms with Crippen molar-refractivity contribution < 1.29 is 9.84 Å². The first-order valence-corrected chi connectivity index (χ1v) is 8.99. The predicted molar refractivity (Wildman–Crippen MR) is 95.3 cm³/mol. The average molecular weight is 323 g/mol. The lowest BCUT2D eigenvalue weighted by Crippen LogP contribution is -2.10. The molecule has 0 unspecified atom stereocenters. The molecule has 0 spiro atoms. The minimum atomic E-state index is -0.150. The van der Waals surface area contributed by atoms with Crippen LogP contribution >= 0.6 is 0 Å². The van der Waals surface area contributed by atoms with Gasteiger partial charge in [0, 0.05) is 11.8 Å². The third kappa shape index (κ3) is 8.21. The van der Waals surface area contributed by atoms with Crippen molar-refractivity contribution in [3.63, 3.8) is 0 Å². The van der Waals surface area contributed by atoms with E-state index >= 15 is 0 Å². The van der Waals surface area contributed by atoms with Crippen LogP contribution in [0.5, 0.6) is 5.75 Å². The highest BCUT2D eigenvalue weighted by atomic mass is 16.5. The zero-order chi connectivity index (χ0) is 17.1. The maximum atomic E-state index is 11.8. The molecule has 4 heteroatoms. The molecule has 0 saturated carbocycles. The van der Waals surface area contributed by atoms with Crippen LogP contribution < -0.4 is 10.2 Å². The Labute approximate surface area is 140 Å². The highest BCUT2D eigenvalue weighted by Gasteiger charge is 2.06. The fraction of sp³-hybridized carbons (Fsp3) is 0.737. The third-order valence-electron chi connectivity index (χ3n) is 4.24. The van der Waals surface area contributed by atoms with Crippen LogP contribution in [-0.4, -0.2) is 23.3 Å². The molecule has 0 amide bonds. The number of rotatable bonds is 12. The maximum Gasteiger partial charge on any atom is 0.223 e. The average Bonchev–Trinajstić information content (AvgIpc) is 2.48. The van der Waals surface area contributed by atoms with Crippen LogP contribution in [0.1, 0.15) is 76.1 Å². The van der Waals surface area contributed by atoms with Crippen LogP contribution in [0.3, 0.4) is 0 Å². The molecule has 0 radical (unpaired) electrons. The zero-order valence-electron chi connectivity index (χ0n) is 15.0. The fourth-order valence-electron chi connectivity index (χ4n) is 2.95. The lowest BCUT2D eigenvalue weighted by atomic mass is 10.0. The Morgan fingerprint density at radius 3 is 2.17 bits per heavy atom. The normalized spacial score (nSPS) is 12.3. The molecular formula is C19H33NO3. The summed E-state index contributed by atoms with van der Waals surface area (Å²) < 4.78 is 5.08. The Morgan fingerprint density at radius 2 is 1.65 bits per heavy atom. The van der Waals surface area contributed by atoms with Gasteiger partial charge in [-0.05, 0) is 33.1 Å². The molecule has 1 aromatic rings. The van der Waals surface area contributed by atoms with Crippen molar-refractivity contribution in [2.45, 2.75) is 84.2 Å². The van der Waals surface area contributed by atoms with Gasteiger partial charge in [0.1, 0.15) is 0 Å². The summed E-state index contributed by atoms with van der Waals surface area (Å²) in [6.07, 6.45) is 11.5. The molecule has 0 aliphatic heterocycles. The van der Waals surface area contributed by atoms with Gasteiger partial charge in [0.05, 0.1) is 18.9 Å². The monoisotopic (exact) mass is 323 g/mol. The molecule has 23 heavy (non-hydrogen) atoms. The lowest BCUT2D eigenvalue weighted by molar-refractivity contribution is 0.180. The number of unbranched alkanes of at least 4 members (excludes halogenated alkanes) is 7. The van der Waals surface area contributed by atoms with Gasteiger partial charge < -0.3 is 14.8 Å². The number of methoxy groups -OCH3 is 1. The Hall–Kier alpha value is -1.29. The molecule has 1 atom stereocenters. The number of hydrogen-bond acceptors (Lipinski definition) is 3. The first-order valence-electron chi connectivity index (χ1n) is 8.99. The molecule has 1 aromatic heterocycles. The van der Waals surface area contributed by atoms with Gasteiger partial charge in [0.15, 0.2) is 5.75 Å². The highest BCUT2D eigenvalue weighted by molar-refractivity contribution is 5.28. The third-order valence-corrected chi connectivity index (χ3v) is 4.24. The Balaban J connectivity index is 2.08. The molecule has 1 heterocycles. The van der Waals surface area contributed by atoms with E-state index in [-0.39, 0.29) is 11.5 Å². The molecule has 0 saturated heterocycles. The van der Waals surface area contributed by atoms with E-state index in [1.54, 1.807) is 6.07 Å². The Bertz CT molecular complexity index is 494. The van der Waals surface area contributed by atoms with Crippen LogP contribution in [0.15, 0.2) is 10.9 Å². The van der Waals surface area contributed by atoms with Crippen molar-refractivity contribution in [3.05, 3.63) is 27.7 Å². The van der Waals surface area contributed by atoms with E-state index in [0.29, 0.717) is 5.75 Å². The summed E-state index contributed by atoms with van der Waals surface area (Å²) in [4.78, 5) is 15.1. The summed E-state index contributed by atoms with van der Waals surface area (Å²) in [5, 5.41) is 9.18. The van der Waals surface area contributed by atoms with Crippen molar-refractivity contribution in [2.24, 2.45) is 0 Å². The van der Waals surface area contributed by atoms with Gasteiger partial charge in [0.2, 0.25) is 5.43 Å². The molecule has 0 bridgehead atoms. The van der Waals surface area contributed by atoms with E-state index in [4.69, 9.17) is 4.74 Å². The quantitative estimate of drug-likeness (QED) is 0.569. The molecule has 0 aliphatic rings. The predicted octanol–water partition coefficient (Wildman–Crippen LogP) is 4.13. The van der Waals surface area contributed by atoms with E-state index in [9.17, 15) is 9.90 Å². The van der Waals surface area contributed by atoms with Crippen LogP contribution in [0.25, 0.3) is 0 Å². The number of pyridine rings is 1. The van der Waals surface area contributed by atoms with E-state index in [1.165, 1.54) is 45.6 Å². The van der Waals surface area contributed by atoms with Gasteiger partial charge >= 0.3 is 0 Å². The van der Waals surface area contributed by atoms with Crippen LogP contribution in [-0.2, 0) is 6.42 Å². The van der Waals surface area contributed by atoms with Gasteiger partial charge in [-0.25, -0.2) is 0 Å². The van der Waals surface area contributed by atoms with E-state index in [2.05, 4.69) is 4.98 Å². The number of aromatic nitrogens is 1. The smallest absolute Gasteiger partial charge is 0.223 e. The van der Waals surface area contributed by atoms with Crippen molar-refractivity contribution >= 4 is 0 Å². The van der Waals surface area contributed by atoms with Gasteiger partial charge in [0.25, 0.3) is 0 Å². The summed E-state index contributed by atoms with van der Waals surface area (Å²) in [5.74, 6) is 0.421. The van der Waals surface area contributed by atoms with Gasteiger partial charge in [-0.1, -0.05) is 44.9 Å². The topological polar surface area (TPSA) is 62.3 Å². The number of aryl methyl sites for hydroxylation is 2. The molecule has 0 aliphatic carbocycles. The second-order valence-corrected chi connectivity index (χ2v) is 6.53. The van der Waals surface area contributed by atoms with Crippen molar-refractivity contribution in [2.75, 3.05) is 7.11 Å². The lowest BCUT2D eigenvalue weighted by Gasteiger charge is -2.07. The van der Waals surface area contributed by atoms with Crippen LogP contribution in [0, 0.1) is 6.92 Å². The number of H-pyrrole nitrogens is 1. The molecule has 4 nitrogen and oxygen atoms in total. The number of aliphatic hydroxyl groups is 1. The Morgan fingerprint density at radius 1 is 1.09 bits per heavy atom. The summed E-state index contributed by atoms with van der Waals surface area (Å²) in [6, 6.07) is 1.66. The number of ether oxygens (including phenoxy) is 1. The number of aromatic amines is 1. The van der Waals surface area contributed by atoms with Crippen molar-refractivity contribution in [1.29, 1.82) is 0 Å². The first-order chi connectivity index (χ1) is 11.0. The standard InChI is InChI=1S/C19H33NO3/c1-15(21)12-10-8-6-4-5-7-9-11-13-17-14-18(22)19(23-3)16(2)20-17/h14-15,21H,4-13H2,1-3H3,(H,20,22)/t15-/m0/s1. The number of aliphatic hydroxyl groups excluding tert-OH is 1. The fourth-order valence-corrected chi connectivity index (χ4v) is 2.95. The van der Waals surface area contributed by atoms with Crippen molar-refractivity contribution in [3.8, 4) is 5.75 Å². The highest BCUT2D eigenvalue weighted by Crippen LogP contribution is 2.13. The molecule has 0 aromatic carbocycles. The zero-order valence-corrected chi connectivity index (χ0v) is 15.0. The van der Waals surface area contributed by atoms with Gasteiger partial charge in [-0.2, -0.15) is 0 Å². The van der Waals surface area contributed by atoms with Gasteiger partial charge in [-0.15, -0.1) is 0 Å². The number of hydrogen-bond donors (Lipinski definition) is 2. The van der Waals surface area contributed by atoms with Gasteiger partial charge in [-0.3, -0.25) is 4.79 Å². The summed E-state index contributed by atoms with van der Waals surface area (Å²) in [7, 11) is 1.53. The SMILES string of the molecule is COc1c(C)[nH]c(CCCCCCCCCC[C@H](C)O)cc1=O. The first kappa shape index (κ1) is 19.8. The summed E-state index contributed by atoms with van der Waals surface area (Å²) in [5.41, 5.74) is 1.79. The second kappa shape index (κ2) is 11.3. The molecule has 132 valence electrons. The largest absolute Gasteiger partial charge is 0.491 e.